The molecule has 1 unspecified atom stereocenters. The summed E-state index contributed by atoms with van der Waals surface area (Å²) < 4.78 is 0. The number of rotatable bonds is 2. The summed E-state index contributed by atoms with van der Waals surface area (Å²) in [6, 6.07) is 6.81. The van der Waals surface area contributed by atoms with Crippen LogP contribution in [0, 0.1) is 12.3 Å². The van der Waals surface area contributed by atoms with Crippen LogP contribution in [-0.2, 0) is 0 Å². The molecule has 2 heteroatoms. The molecule has 2 aliphatic rings. The molecule has 2 saturated carbocycles. The lowest BCUT2D eigenvalue weighted by atomic mass is 9.57. The molecule has 0 heterocycles. The molecule has 1 nitrogen and oxygen atoms in total. The number of anilines is 1. The van der Waals surface area contributed by atoms with Gasteiger partial charge in [-0.15, -0.1) is 0 Å². The molecule has 0 saturated heterocycles. The molecule has 18 heavy (non-hydrogen) atoms. The van der Waals surface area contributed by atoms with Crippen molar-refractivity contribution in [3.63, 3.8) is 0 Å². The fourth-order valence-electron chi connectivity index (χ4n) is 3.77. The predicted octanol–water partition coefficient (Wildman–Crippen LogP) is 5.17. The third-order valence-corrected chi connectivity index (χ3v) is 5.37. The van der Waals surface area contributed by atoms with E-state index in [-0.39, 0.29) is 0 Å². The topological polar surface area (TPSA) is 12.0 Å². The SMILES string of the molecule is Cc1cccc(Cl)c1NC1CCC12CCCCC2. The Morgan fingerprint density at radius 2 is 1.94 bits per heavy atom. The number of hydrogen-bond donors (Lipinski definition) is 1. The molecule has 1 spiro atoms. The molecule has 0 bridgehead atoms. The maximum absolute atomic E-state index is 6.32. The minimum atomic E-state index is 0.587. The fraction of sp³-hybridized carbons (Fsp3) is 0.625. The molecule has 0 amide bonds. The van der Waals surface area contributed by atoms with E-state index in [1.54, 1.807) is 0 Å². The summed E-state index contributed by atoms with van der Waals surface area (Å²) in [6.07, 6.45) is 9.81. The molecule has 2 aliphatic carbocycles. The van der Waals surface area contributed by atoms with Gasteiger partial charge in [0.2, 0.25) is 0 Å². The van der Waals surface area contributed by atoms with Gasteiger partial charge in [-0.1, -0.05) is 43.0 Å². The standard InChI is InChI=1S/C16H22ClN/c1-12-6-5-7-13(17)15(12)18-14-8-11-16(14)9-3-2-4-10-16/h5-7,14,18H,2-4,8-11H2,1H3. The van der Waals surface area contributed by atoms with Gasteiger partial charge in [-0.05, 0) is 49.7 Å². The van der Waals surface area contributed by atoms with Gasteiger partial charge in [0, 0.05) is 6.04 Å². The first kappa shape index (κ1) is 12.3. The number of para-hydroxylation sites is 1. The summed E-state index contributed by atoms with van der Waals surface area (Å²) in [6.45, 7) is 2.14. The molecule has 1 aromatic carbocycles. The lowest BCUT2D eigenvalue weighted by molar-refractivity contribution is 0.0571. The van der Waals surface area contributed by atoms with Gasteiger partial charge in [-0.25, -0.2) is 0 Å². The summed E-state index contributed by atoms with van der Waals surface area (Å²) in [4.78, 5) is 0. The second-order valence-electron chi connectivity index (χ2n) is 6.09. The Bertz CT molecular complexity index is 414. The summed E-state index contributed by atoms with van der Waals surface area (Å²) in [7, 11) is 0. The van der Waals surface area contributed by atoms with Crippen molar-refractivity contribution in [2.45, 2.75) is 57.9 Å². The molecule has 2 fully saturated rings. The molecule has 3 rings (SSSR count). The van der Waals surface area contributed by atoms with Crippen LogP contribution in [0.15, 0.2) is 18.2 Å². The molecule has 0 aliphatic heterocycles. The monoisotopic (exact) mass is 263 g/mol. The Labute approximate surface area is 115 Å². The average Bonchev–Trinajstić information content (AvgIpc) is 2.38. The van der Waals surface area contributed by atoms with Crippen LogP contribution in [0.25, 0.3) is 0 Å². The van der Waals surface area contributed by atoms with E-state index >= 15 is 0 Å². The van der Waals surface area contributed by atoms with Crippen molar-refractivity contribution in [1.29, 1.82) is 0 Å². The van der Waals surface area contributed by atoms with E-state index in [4.69, 9.17) is 11.6 Å². The number of aryl methyl sites for hydroxylation is 1. The number of halogens is 1. The first-order valence-electron chi connectivity index (χ1n) is 7.23. The number of benzene rings is 1. The molecule has 1 atom stereocenters. The Balaban J connectivity index is 1.77. The maximum atomic E-state index is 6.32. The molecule has 1 N–H and O–H groups in total. The lowest BCUT2D eigenvalue weighted by Crippen LogP contribution is -2.50. The third-order valence-electron chi connectivity index (χ3n) is 5.06. The molecular formula is C16H22ClN. The summed E-state index contributed by atoms with van der Waals surface area (Å²) in [5.41, 5.74) is 3.01. The van der Waals surface area contributed by atoms with Crippen LogP contribution in [0.3, 0.4) is 0 Å². The Morgan fingerprint density at radius 3 is 2.56 bits per heavy atom. The molecular weight excluding hydrogens is 242 g/mol. The fourth-order valence-corrected chi connectivity index (χ4v) is 4.04. The minimum absolute atomic E-state index is 0.587. The molecule has 0 aromatic heterocycles. The quantitative estimate of drug-likeness (QED) is 0.776. The lowest BCUT2D eigenvalue weighted by Gasteiger charge is -2.53. The highest BCUT2D eigenvalue weighted by molar-refractivity contribution is 6.33. The van der Waals surface area contributed by atoms with E-state index in [1.807, 2.05) is 12.1 Å². The number of nitrogens with one attached hydrogen (secondary N) is 1. The first-order chi connectivity index (χ1) is 8.71. The summed E-state index contributed by atoms with van der Waals surface area (Å²) in [5.74, 6) is 0. The van der Waals surface area contributed by atoms with Gasteiger partial charge in [-0.3, -0.25) is 0 Å². The highest BCUT2D eigenvalue weighted by Crippen LogP contribution is 2.53. The van der Waals surface area contributed by atoms with Gasteiger partial charge in [0.1, 0.15) is 0 Å². The van der Waals surface area contributed by atoms with Crippen molar-refractivity contribution in [3.05, 3.63) is 28.8 Å². The van der Waals surface area contributed by atoms with E-state index in [0.717, 1.165) is 10.7 Å². The van der Waals surface area contributed by atoms with Crippen molar-refractivity contribution in [2.24, 2.45) is 5.41 Å². The van der Waals surface area contributed by atoms with Gasteiger partial charge >= 0.3 is 0 Å². The molecule has 98 valence electrons. The van der Waals surface area contributed by atoms with Gasteiger partial charge in [-0.2, -0.15) is 0 Å². The van der Waals surface area contributed by atoms with Crippen LogP contribution in [-0.4, -0.2) is 6.04 Å². The van der Waals surface area contributed by atoms with Crippen molar-refractivity contribution in [1.82, 2.24) is 0 Å². The molecule has 1 aromatic rings. The Hall–Kier alpha value is -0.690. The normalized spacial score (nSPS) is 25.8. The van der Waals surface area contributed by atoms with Crippen LogP contribution < -0.4 is 5.32 Å². The van der Waals surface area contributed by atoms with Crippen molar-refractivity contribution >= 4 is 17.3 Å². The van der Waals surface area contributed by atoms with E-state index in [2.05, 4.69) is 18.3 Å². The zero-order chi connectivity index (χ0) is 12.6. The van der Waals surface area contributed by atoms with Crippen LogP contribution >= 0.6 is 11.6 Å². The maximum Gasteiger partial charge on any atom is 0.0640 e. The second-order valence-corrected chi connectivity index (χ2v) is 6.50. The van der Waals surface area contributed by atoms with Crippen molar-refractivity contribution in [3.8, 4) is 0 Å². The zero-order valence-electron chi connectivity index (χ0n) is 11.1. The zero-order valence-corrected chi connectivity index (χ0v) is 11.9. The van der Waals surface area contributed by atoms with Gasteiger partial charge in [0.05, 0.1) is 10.7 Å². The van der Waals surface area contributed by atoms with E-state index < -0.39 is 0 Å². The van der Waals surface area contributed by atoms with E-state index in [1.165, 1.54) is 50.5 Å². The third kappa shape index (κ3) is 2.03. The van der Waals surface area contributed by atoms with E-state index in [0.29, 0.717) is 11.5 Å². The van der Waals surface area contributed by atoms with Gasteiger partial charge in [0.25, 0.3) is 0 Å². The highest BCUT2D eigenvalue weighted by atomic mass is 35.5. The van der Waals surface area contributed by atoms with Crippen molar-refractivity contribution < 1.29 is 0 Å². The summed E-state index contributed by atoms with van der Waals surface area (Å²) in [5, 5.41) is 4.61. The predicted molar refractivity (Wildman–Crippen MR) is 78.4 cm³/mol. The van der Waals surface area contributed by atoms with E-state index in [9.17, 15) is 0 Å². The van der Waals surface area contributed by atoms with Crippen LogP contribution in [0.5, 0.6) is 0 Å². The van der Waals surface area contributed by atoms with Gasteiger partial charge < -0.3 is 5.32 Å². The first-order valence-corrected chi connectivity index (χ1v) is 7.61. The number of hydrogen-bond acceptors (Lipinski definition) is 1. The largest absolute Gasteiger partial charge is 0.380 e. The molecule has 0 radical (unpaired) electrons. The summed E-state index contributed by atoms with van der Waals surface area (Å²) >= 11 is 6.32. The minimum Gasteiger partial charge on any atom is -0.380 e. The average molecular weight is 264 g/mol. The second kappa shape index (κ2) is 4.77. The van der Waals surface area contributed by atoms with Crippen LogP contribution in [0.2, 0.25) is 5.02 Å². The highest BCUT2D eigenvalue weighted by Gasteiger charge is 2.46. The smallest absolute Gasteiger partial charge is 0.0640 e. The Kier molecular flexibility index (Phi) is 3.27. The Morgan fingerprint density at radius 1 is 1.17 bits per heavy atom. The van der Waals surface area contributed by atoms with Crippen LogP contribution in [0.1, 0.15) is 50.5 Å². The van der Waals surface area contributed by atoms with Crippen molar-refractivity contribution in [2.75, 3.05) is 5.32 Å². The van der Waals surface area contributed by atoms with Crippen LogP contribution in [0.4, 0.5) is 5.69 Å². The van der Waals surface area contributed by atoms with Gasteiger partial charge in [0.15, 0.2) is 0 Å².